The molecule has 0 aliphatic carbocycles. The lowest BCUT2D eigenvalue weighted by atomic mass is 9.99. The van der Waals surface area contributed by atoms with E-state index in [1.165, 1.54) is 26.9 Å². The van der Waals surface area contributed by atoms with E-state index in [2.05, 4.69) is 192 Å². The number of nitrogens with zero attached hydrogens (tertiary/aromatic N) is 4. The average Bonchev–Trinajstić information content (AvgIpc) is 3.83. The molecule has 278 valence electrons. The Morgan fingerprint density at radius 1 is 0.317 bits per heavy atom. The van der Waals surface area contributed by atoms with E-state index in [0.717, 1.165) is 82.8 Å². The van der Waals surface area contributed by atoms with Gasteiger partial charge < -0.3 is 8.82 Å². The second-order valence-corrected chi connectivity index (χ2v) is 15.6. The summed E-state index contributed by atoms with van der Waals surface area (Å²) in [5, 5.41) is 9.41. The van der Waals surface area contributed by atoms with Crippen molar-refractivity contribution in [2.45, 2.75) is 0 Å². The summed E-state index contributed by atoms with van der Waals surface area (Å²) in [6.45, 7) is 0. The van der Waals surface area contributed by atoms with Crippen LogP contribution < -0.4 is 0 Å². The van der Waals surface area contributed by atoms with Gasteiger partial charge in [-0.2, -0.15) is 0 Å². The lowest BCUT2D eigenvalue weighted by molar-refractivity contribution is 0.669. The SMILES string of the molecule is c1ccc(-c2ccc(-c3nc(-c4cccc(-c5ccc6ccccc6c5)c4)nc(-c4ccc5c6ccc7oc8cccc9c%10ccccc%10n(c5c4)c6c7c89)n3)cc2)cc1. The first-order valence-corrected chi connectivity index (χ1v) is 20.3. The van der Waals surface area contributed by atoms with Crippen molar-refractivity contribution in [1.29, 1.82) is 0 Å². The van der Waals surface area contributed by atoms with Gasteiger partial charge in [-0.25, -0.2) is 15.0 Å². The van der Waals surface area contributed by atoms with E-state index in [1.54, 1.807) is 0 Å². The third kappa shape index (κ3) is 4.96. The molecule has 0 aliphatic heterocycles. The van der Waals surface area contributed by atoms with Crippen molar-refractivity contribution >= 4 is 70.8 Å². The fourth-order valence-corrected chi connectivity index (χ4v) is 9.33. The maximum Gasteiger partial charge on any atom is 0.164 e. The largest absolute Gasteiger partial charge is 0.456 e. The van der Waals surface area contributed by atoms with E-state index in [9.17, 15) is 0 Å². The van der Waals surface area contributed by atoms with Gasteiger partial charge in [0.1, 0.15) is 11.2 Å². The monoisotopic (exact) mass is 764 g/mol. The number of fused-ring (bicyclic) bond motifs is 7. The number of para-hydroxylation sites is 1. The predicted octanol–water partition coefficient (Wildman–Crippen LogP) is 14.4. The molecule has 0 amide bonds. The van der Waals surface area contributed by atoms with Gasteiger partial charge in [0, 0.05) is 38.2 Å². The molecule has 0 fully saturated rings. The second kappa shape index (κ2) is 12.7. The van der Waals surface area contributed by atoms with Gasteiger partial charge in [0.15, 0.2) is 17.5 Å². The first kappa shape index (κ1) is 32.9. The first-order chi connectivity index (χ1) is 29.7. The molecule has 0 N–H and O–H groups in total. The van der Waals surface area contributed by atoms with Crippen LogP contribution in [0.2, 0.25) is 0 Å². The lowest BCUT2D eigenvalue weighted by Gasteiger charge is -2.11. The Morgan fingerprint density at radius 2 is 0.883 bits per heavy atom. The van der Waals surface area contributed by atoms with E-state index < -0.39 is 0 Å². The van der Waals surface area contributed by atoms with Crippen molar-refractivity contribution in [2.24, 2.45) is 0 Å². The third-order valence-corrected chi connectivity index (χ3v) is 12.2. The van der Waals surface area contributed by atoms with Gasteiger partial charge in [0.05, 0.1) is 21.9 Å². The van der Waals surface area contributed by atoms with Crippen LogP contribution in [0, 0.1) is 0 Å². The highest BCUT2D eigenvalue weighted by atomic mass is 16.3. The van der Waals surface area contributed by atoms with E-state index >= 15 is 0 Å². The molecule has 5 heteroatoms. The molecule has 0 radical (unpaired) electrons. The van der Waals surface area contributed by atoms with E-state index in [4.69, 9.17) is 19.4 Å². The summed E-state index contributed by atoms with van der Waals surface area (Å²) in [6.07, 6.45) is 0. The Labute approximate surface area is 343 Å². The van der Waals surface area contributed by atoms with E-state index in [0.29, 0.717) is 17.5 Å². The number of aromatic nitrogens is 4. The predicted molar refractivity (Wildman–Crippen MR) is 246 cm³/mol. The van der Waals surface area contributed by atoms with E-state index in [-0.39, 0.29) is 0 Å². The quantitative estimate of drug-likeness (QED) is 0.175. The topological polar surface area (TPSA) is 56.2 Å². The summed E-state index contributed by atoms with van der Waals surface area (Å²) in [5.41, 5.74) is 12.4. The molecule has 0 aliphatic rings. The summed E-state index contributed by atoms with van der Waals surface area (Å²) in [6, 6.07) is 68.6. The Kier molecular flexibility index (Phi) is 6.95. The van der Waals surface area contributed by atoms with Gasteiger partial charge in [-0.15, -0.1) is 0 Å². The molecule has 13 rings (SSSR count). The Bertz CT molecular complexity index is 3830. The Hall–Kier alpha value is -8.15. The third-order valence-electron chi connectivity index (χ3n) is 12.2. The Balaban J connectivity index is 1.04. The molecule has 13 aromatic rings. The highest BCUT2D eigenvalue weighted by Crippen LogP contribution is 2.44. The summed E-state index contributed by atoms with van der Waals surface area (Å²) < 4.78 is 8.91. The normalized spacial score (nSPS) is 12.0. The van der Waals surface area contributed by atoms with Crippen molar-refractivity contribution in [3.63, 3.8) is 0 Å². The molecule has 0 saturated carbocycles. The van der Waals surface area contributed by atoms with Crippen molar-refractivity contribution < 1.29 is 4.42 Å². The first-order valence-electron chi connectivity index (χ1n) is 20.3. The summed E-state index contributed by atoms with van der Waals surface area (Å²) in [5.74, 6) is 1.85. The van der Waals surface area contributed by atoms with Gasteiger partial charge in [-0.05, 0) is 80.9 Å². The van der Waals surface area contributed by atoms with Crippen molar-refractivity contribution in [2.75, 3.05) is 0 Å². The summed E-state index contributed by atoms with van der Waals surface area (Å²) in [4.78, 5) is 15.7. The highest BCUT2D eigenvalue weighted by molar-refractivity contribution is 6.31. The molecule has 4 aromatic heterocycles. The standard InChI is InChI=1S/C55H32N4O/c1-2-10-33(11-3-1)35-20-23-36(24-21-35)53-56-54(40-15-8-14-38(31-40)39-25-22-34-12-4-5-13-37(34)30-39)58-55(57-53)41-26-27-43-45-28-29-49-51-50-44(17-9-19-48(50)60-49)42-16-6-7-18-46(42)59(52(45)51)47(43)32-41/h1-32H. The molecule has 0 unspecified atom stereocenters. The fourth-order valence-electron chi connectivity index (χ4n) is 9.33. The number of rotatable bonds is 5. The Morgan fingerprint density at radius 3 is 1.75 bits per heavy atom. The van der Waals surface area contributed by atoms with Crippen LogP contribution >= 0.6 is 0 Å². The maximum atomic E-state index is 6.49. The van der Waals surface area contributed by atoms with Crippen LogP contribution in [-0.4, -0.2) is 19.4 Å². The molecule has 4 heterocycles. The molecule has 9 aromatic carbocycles. The van der Waals surface area contributed by atoms with Crippen LogP contribution in [0.5, 0.6) is 0 Å². The smallest absolute Gasteiger partial charge is 0.164 e. The average molecular weight is 765 g/mol. The molecule has 0 spiro atoms. The molecule has 0 atom stereocenters. The number of hydrogen-bond acceptors (Lipinski definition) is 4. The summed E-state index contributed by atoms with van der Waals surface area (Å²) >= 11 is 0. The minimum absolute atomic E-state index is 0.610. The van der Waals surface area contributed by atoms with Crippen LogP contribution in [0.4, 0.5) is 0 Å². The number of benzene rings is 9. The zero-order valence-electron chi connectivity index (χ0n) is 32.2. The zero-order chi connectivity index (χ0) is 39.3. The molecule has 5 nitrogen and oxygen atoms in total. The van der Waals surface area contributed by atoms with Gasteiger partial charge >= 0.3 is 0 Å². The van der Waals surface area contributed by atoms with Crippen molar-refractivity contribution in [3.8, 4) is 56.4 Å². The van der Waals surface area contributed by atoms with Gasteiger partial charge in [-0.1, -0.05) is 152 Å². The summed E-state index contributed by atoms with van der Waals surface area (Å²) in [7, 11) is 0. The van der Waals surface area contributed by atoms with Crippen LogP contribution in [0.25, 0.3) is 127 Å². The molecular weight excluding hydrogens is 733 g/mol. The van der Waals surface area contributed by atoms with Crippen LogP contribution in [0.1, 0.15) is 0 Å². The molecule has 0 bridgehead atoms. The van der Waals surface area contributed by atoms with Crippen molar-refractivity contribution in [3.05, 3.63) is 194 Å². The minimum atomic E-state index is 0.610. The van der Waals surface area contributed by atoms with Gasteiger partial charge in [0.25, 0.3) is 0 Å². The van der Waals surface area contributed by atoms with Crippen molar-refractivity contribution in [1.82, 2.24) is 19.4 Å². The molecular formula is C55H32N4O. The van der Waals surface area contributed by atoms with Crippen LogP contribution in [0.15, 0.2) is 199 Å². The number of hydrogen-bond donors (Lipinski definition) is 0. The minimum Gasteiger partial charge on any atom is -0.456 e. The second-order valence-electron chi connectivity index (χ2n) is 15.6. The number of furan rings is 1. The highest BCUT2D eigenvalue weighted by Gasteiger charge is 2.22. The lowest BCUT2D eigenvalue weighted by Crippen LogP contribution is -2.00. The van der Waals surface area contributed by atoms with Crippen LogP contribution in [0.3, 0.4) is 0 Å². The molecule has 0 saturated heterocycles. The maximum absolute atomic E-state index is 6.49. The van der Waals surface area contributed by atoms with Gasteiger partial charge in [0.2, 0.25) is 0 Å². The van der Waals surface area contributed by atoms with E-state index in [1.807, 2.05) is 6.07 Å². The van der Waals surface area contributed by atoms with Crippen LogP contribution in [-0.2, 0) is 0 Å². The molecule has 60 heavy (non-hydrogen) atoms. The van der Waals surface area contributed by atoms with Gasteiger partial charge in [-0.3, -0.25) is 0 Å². The fraction of sp³-hybridized carbons (Fsp3) is 0. The zero-order valence-corrected chi connectivity index (χ0v) is 32.2.